The number of rotatable bonds is 8. The molecule has 4 nitrogen and oxygen atoms in total. The molecule has 0 fully saturated rings. The average molecular weight is 252 g/mol. The monoisotopic (exact) mass is 252 g/mol. The number of aryl methyl sites for hydroxylation is 2. The predicted octanol–water partition coefficient (Wildman–Crippen LogP) is 2.43. The van der Waals surface area contributed by atoms with Crippen LogP contribution in [0.3, 0.4) is 0 Å². The Morgan fingerprint density at radius 3 is 2.39 bits per heavy atom. The summed E-state index contributed by atoms with van der Waals surface area (Å²) < 4.78 is 2.09. The van der Waals surface area contributed by atoms with Gasteiger partial charge in [0.25, 0.3) is 0 Å². The van der Waals surface area contributed by atoms with E-state index < -0.39 is 0 Å². The Kier molecular flexibility index (Phi) is 6.33. The van der Waals surface area contributed by atoms with E-state index in [1.807, 2.05) is 0 Å². The second kappa shape index (κ2) is 7.52. The van der Waals surface area contributed by atoms with Gasteiger partial charge in [0.15, 0.2) is 5.82 Å². The molecule has 0 bridgehead atoms. The lowest BCUT2D eigenvalue weighted by Crippen LogP contribution is -2.38. The van der Waals surface area contributed by atoms with Crippen LogP contribution in [-0.2, 0) is 19.4 Å². The first-order valence-electron chi connectivity index (χ1n) is 7.28. The fourth-order valence-corrected chi connectivity index (χ4v) is 2.01. The zero-order chi connectivity index (χ0) is 13.5. The molecule has 1 unspecified atom stereocenters. The molecule has 0 spiro atoms. The highest BCUT2D eigenvalue weighted by Gasteiger charge is 2.16. The van der Waals surface area contributed by atoms with Crippen molar-refractivity contribution < 1.29 is 0 Å². The highest BCUT2D eigenvalue weighted by molar-refractivity contribution is 4.93. The fraction of sp³-hybridized carbons (Fsp3) is 0.857. The molecule has 1 heterocycles. The molecule has 1 aromatic heterocycles. The molecular formula is C14H28N4. The Morgan fingerprint density at radius 1 is 1.17 bits per heavy atom. The van der Waals surface area contributed by atoms with E-state index in [0.717, 1.165) is 37.6 Å². The first-order valence-corrected chi connectivity index (χ1v) is 7.28. The summed E-state index contributed by atoms with van der Waals surface area (Å²) in [4.78, 5) is 4.56. The van der Waals surface area contributed by atoms with E-state index in [1.54, 1.807) is 0 Å². The predicted molar refractivity (Wildman–Crippen MR) is 75.7 cm³/mol. The van der Waals surface area contributed by atoms with Crippen LogP contribution in [0.2, 0.25) is 0 Å². The minimum absolute atomic E-state index is 0.474. The van der Waals surface area contributed by atoms with Gasteiger partial charge in [0.05, 0.1) is 6.54 Å². The van der Waals surface area contributed by atoms with Crippen LogP contribution in [0.25, 0.3) is 0 Å². The standard InChI is InChI=1S/C14H28N4/c1-6-9-15-12(11(4)5)10-18-14(8-3)16-13(7-2)17-18/h11-12,15H,6-10H2,1-5H3. The van der Waals surface area contributed by atoms with E-state index in [1.165, 1.54) is 6.42 Å². The van der Waals surface area contributed by atoms with Crippen LogP contribution in [0.15, 0.2) is 0 Å². The molecule has 1 atom stereocenters. The van der Waals surface area contributed by atoms with Crippen LogP contribution in [-0.4, -0.2) is 27.4 Å². The maximum absolute atomic E-state index is 4.60. The molecule has 0 aliphatic rings. The molecule has 104 valence electrons. The summed E-state index contributed by atoms with van der Waals surface area (Å²) in [5.74, 6) is 2.68. The third-order valence-corrected chi connectivity index (χ3v) is 3.26. The van der Waals surface area contributed by atoms with Gasteiger partial charge < -0.3 is 5.32 Å². The van der Waals surface area contributed by atoms with E-state index in [0.29, 0.717) is 12.0 Å². The Balaban J connectivity index is 2.75. The second-order valence-electron chi connectivity index (χ2n) is 5.14. The SMILES string of the molecule is CCCNC(Cn1nc(CC)nc1CC)C(C)C. The maximum atomic E-state index is 4.60. The van der Waals surface area contributed by atoms with E-state index in [2.05, 4.69) is 54.7 Å². The van der Waals surface area contributed by atoms with Gasteiger partial charge in [-0.25, -0.2) is 9.67 Å². The summed E-state index contributed by atoms with van der Waals surface area (Å²) in [6.07, 6.45) is 3.03. The van der Waals surface area contributed by atoms with Gasteiger partial charge in [0.2, 0.25) is 0 Å². The van der Waals surface area contributed by atoms with Gasteiger partial charge in [0, 0.05) is 18.9 Å². The van der Waals surface area contributed by atoms with Crippen LogP contribution >= 0.6 is 0 Å². The van der Waals surface area contributed by atoms with Crippen molar-refractivity contribution in [1.29, 1.82) is 0 Å². The van der Waals surface area contributed by atoms with Crippen LogP contribution < -0.4 is 5.32 Å². The van der Waals surface area contributed by atoms with Crippen LogP contribution in [0.1, 0.15) is 52.7 Å². The van der Waals surface area contributed by atoms with Crippen LogP contribution in [0, 0.1) is 5.92 Å². The molecule has 0 saturated carbocycles. The fourth-order valence-electron chi connectivity index (χ4n) is 2.01. The normalized spacial score (nSPS) is 13.2. The van der Waals surface area contributed by atoms with Crippen molar-refractivity contribution in [2.24, 2.45) is 5.92 Å². The average Bonchev–Trinajstić information content (AvgIpc) is 2.76. The van der Waals surface area contributed by atoms with Gasteiger partial charge in [-0.05, 0) is 18.9 Å². The van der Waals surface area contributed by atoms with Gasteiger partial charge in [0.1, 0.15) is 5.82 Å². The van der Waals surface area contributed by atoms with Crippen molar-refractivity contribution in [2.75, 3.05) is 6.54 Å². The molecular weight excluding hydrogens is 224 g/mol. The van der Waals surface area contributed by atoms with Gasteiger partial charge >= 0.3 is 0 Å². The second-order valence-corrected chi connectivity index (χ2v) is 5.14. The molecule has 18 heavy (non-hydrogen) atoms. The largest absolute Gasteiger partial charge is 0.312 e. The smallest absolute Gasteiger partial charge is 0.150 e. The molecule has 1 rings (SSSR count). The lowest BCUT2D eigenvalue weighted by molar-refractivity contribution is 0.338. The van der Waals surface area contributed by atoms with Crippen molar-refractivity contribution in [3.63, 3.8) is 0 Å². The quantitative estimate of drug-likeness (QED) is 0.772. The van der Waals surface area contributed by atoms with E-state index in [4.69, 9.17) is 0 Å². The Hall–Kier alpha value is -0.900. The number of nitrogens with zero attached hydrogens (tertiary/aromatic N) is 3. The van der Waals surface area contributed by atoms with E-state index in [9.17, 15) is 0 Å². The minimum Gasteiger partial charge on any atom is -0.312 e. The molecule has 1 aromatic rings. The number of hydrogen-bond acceptors (Lipinski definition) is 3. The van der Waals surface area contributed by atoms with Crippen molar-refractivity contribution >= 4 is 0 Å². The summed E-state index contributed by atoms with van der Waals surface area (Å²) in [6.45, 7) is 13.0. The van der Waals surface area contributed by atoms with E-state index in [-0.39, 0.29) is 0 Å². The molecule has 0 amide bonds. The highest BCUT2D eigenvalue weighted by Crippen LogP contribution is 2.08. The van der Waals surface area contributed by atoms with Crippen LogP contribution in [0.4, 0.5) is 0 Å². The third-order valence-electron chi connectivity index (χ3n) is 3.26. The lowest BCUT2D eigenvalue weighted by Gasteiger charge is -2.22. The van der Waals surface area contributed by atoms with Gasteiger partial charge in [-0.1, -0.05) is 34.6 Å². The zero-order valence-electron chi connectivity index (χ0n) is 12.5. The lowest BCUT2D eigenvalue weighted by atomic mass is 10.0. The molecule has 0 aromatic carbocycles. The van der Waals surface area contributed by atoms with Crippen molar-refractivity contribution in [1.82, 2.24) is 20.1 Å². The van der Waals surface area contributed by atoms with Crippen molar-refractivity contribution in [3.05, 3.63) is 11.6 Å². The minimum atomic E-state index is 0.474. The molecule has 4 heteroatoms. The Bertz CT molecular complexity index is 344. The molecule has 0 saturated heterocycles. The van der Waals surface area contributed by atoms with Gasteiger partial charge in [-0.15, -0.1) is 0 Å². The number of aromatic nitrogens is 3. The Labute approximate surface area is 111 Å². The summed E-state index contributed by atoms with van der Waals surface area (Å²) in [6, 6.07) is 0.474. The first kappa shape index (κ1) is 15.2. The zero-order valence-corrected chi connectivity index (χ0v) is 12.5. The van der Waals surface area contributed by atoms with Gasteiger partial charge in [-0.3, -0.25) is 0 Å². The summed E-state index contributed by atoms with van der Waals surface area (Å²) >= 11 is 0. The summed E-state index contributed by atoms with van der Waals surface area (Å²) in [5.41, 5.74) is 0. The summed E-state index contributed by atoms with van der Waals surface area (Å²) in [5, 5.41) is 8.20. The highest BCUT2D eigenvalue weighted by atomic mass is 15.4. The first-order chi connectivity index (χ1) is 8.62. The Morgan fingerprint density at radius 2 is 1.89 bits per heavy atom. The molecule has 0 aliphatic heterocycles. The number of nitrogens with one attached hydrogen (secondary N) is 1. The van der Waals surface area contributed by atoms with Crippen molar-refractivity contribution in [2.45, 2.75) is 66.5 Å². The molecule has 1 N–H and O–H groups in total. The molecule has 0 radical (unpaired) electrons. The topological polar surface area (TPSA) is 42.7 Å². The molecule has 0 aliphatic carbocycles. The number of hydrogen-bond donors (Lipinski definition) is 1. The van der Waals surface area contributed by atoms with Gasteiger partial charge in [-0.2, -0.15) is 5.10 Å². The van der Waals surface area contributed by atoms with E-state index >= 15 is 0 Å². The summed E-state index contributed by atoms with van der Waals surface area (Å²) in [7, 11) is 0. The van der Waals surface area contributed by atoms with Crippen molar-refractivity contribution in [3.8, 4) is 0 Å². The third kappa shape index (κ3) is 4.09. The van der Waals surface area contributed by atoms with Crippen LogP contribution in [0.5, 0.6) is 0 Å². The maximum Gasteiger partial charge on any atom is 0.150 e.